The molecule has 88 valence electrons. The maximum atomic E-state index is 12.8. The first kappa shape index (κ1) is 10.3. The highest BCUT2D eigenvalue weighted by atomic mass is 19.1. The van der Waals surface area contributed by atoms with E-state index in [0.29, 0.717) is 5.92 Å². The number of tetrazole rings is 1. The van der Waals surface area contributed by atoms with Crippen LogP contribution in [0.15, 0.2) is 24.3 Å². The fourth-order valence-electron chi connectivity index (χ4n) is 1.95. The van der Waals surface area contributed by atoms with Gasteiger partial charge in [0.25, 0.3) is 0 Å². The zero-order valence-corrected chi connectivity index (χ0v) is 9.17. The summed E-state index contributed by atoms with van der Waals surface area (Å²) in [6, 6.07) is 6.03. The van der Waals surface area contributed by atoms with Crippen LogP contribution < -0.4 is 5.32 Å². The number of hydrogen-bond donors (Lipinski definition) is 1. The highest BCUT2D eigenvalue weighted by Gasteiger charge is 2.21. The standard InChI is InChI=1S/C11H12FN5/c12-9-1-3-10(4-2-9)17-15-11(14-16-17)8-5-6-13-7-8/h1-4,8,13H,5-7H2. The quantitative estimate of drug-likeness (QED) is 0.836. The highest BCUT2D eigenvalue weighted by Crippen LogP contribution is 2.18. The van der Waals surface area contributed by atoms with Crippen LogP contribution in [-0.4, -0.2) is 33.3 Å². The van der Waals surface area contributed by atoms with Crippen molar-refractivity contribution in [2.45, 2.75) is 12.3 Å². The predicted octanol–water partition coefficient (Wildman–Crippen LogP) is 0.878. The topological polar surface area (TPSA) is 55.6 Å². The van der Waals surface area contributed by atoms with Gasteiger partial charge in [-0.1, -0.05) is 0 Å². The van der Waals surface area contributed by atoms with E-state index >= 15 is 0 Å². The van der Waals surface area contributed by atoms with Crippen molar-refractivity contribution in [2.24, 2.45) is 0 Å². The number of nitrogens with one attached hydrogen (secondary N) is 1. The van der Waals surface area contributed by atoms with Gasteiger partial charge in [0.05, 0.1) is 5.69 Å². The zero-order chi connectivity index (χ0) is 11.7. The smallest absolute Gasteiger partial charge is 0.179 e. The van der Waals surface area contributed by atoms with Gasteiger partial charge in [-0.15, -0.1) is 15.0 Å². The Morgan fingerprint density at radius 3 is 2.82 bits per heavy atom. The van der Waals surface area contributed by atoms with Crippen LogP contribution >= 0.6 is 0 Å². The van der Waals surface area contributed by atoms with Crippen LogP contribution in [0.3, 0.4) is 0 Å². The molecule has 17 heavy (non-hydrogen) atoms. The molecule has 0 aliphatic carbocycles. The summed E-state index contributed by atoms with van der Waals surface area (Å²) in [7, 11) is 0. The molecular formula is C11H12FN5. The van der Waals surface area contributed by atoms with Crippen molar-refractivity contribution in [2.75, 3.05) is 13.1 Å². The first-order valence-corrected chi connectivity index (χ1v) is 5.59. The van der Waals surface area contributed by atoms with Crippen molar-refractivity contribution < 1.29 is 4.39 Å². The van der Waals surface area contributed by atoms with E-state index in [1.54, 1.807) is 12.1 Å². The first-order valence-electron chi connectivity index (χ1n) is 5.59. The van der Waals surface area contributed by atoms with Gasteiger partial charge in [0.1, 0.15) is 5.82 Å². The van der Waals surface area contributed by atoms with Gasteiger partial charge >= 0.3 is 0 Å². The molecule has 1 fully saturated rings. The lowest BCUT2D eigenvalue weighted by Gasteiger charge is -2.00. The van der Waals surface area contributed by atoms with Gasteiger partial charge in [0.15, 0.2) is 5.82 Å². The largest absolute Gasteiger partial charge is 0.316 e. The van der Waals surface area contributed by atoms with Crippen LogP contribution in [0.5, 0.6) is 0 Å². The normalized spacial score (nSPS) is 19.7. The number of rotatable bonds is 2. The van der Waals surface area contributed by atoms with E-state index < -0.39 is 0 Å². The molecule has 1 aliphatic rings. The third-order valence-corrected chi connectivity index (χ3v) is 2.91. The van der Waals surface area contributed by atoms with Crippen LogP contribution in [0.2, 0.25) is 0 Å². The van der Waals surface area contributed by atoms with Crippen LogP contribution in [0.25, 0.3) is 5.69 Å². The molecule has 0 amide bonds. The molecule has 1 aromatic heterocycles. The van der Waals surface area contributed by atoms with Gasteiger partial charge in [-0.3, -0.25) is 0 Å². The summed E-state index contributed by atoms with van der Waals surface area (Å²) in [5.74, 6) is 0.817. The molecule has 2 aromatic rings. The number of aromatic nitrogens is 4. The fourth-order valence-corrected chi connectivity index (χ4v) is 1.95. The number of hydrogen-bond acceptors (Lipinski definition) is 4. The fraction of sp³-hybridized carbons (Fsp3) is 0.364. The van der Waals surface area contributed by atoms with E-state index in [0.717, 1.165) is 31.0 Å². The van der Waals surface area contributed by atoms with Crippen molar-refractivity contribution >= 4 is 0 Å². The molecule has 1 N–H and O–H groups in total. The molecule has 0 saturated carbocycles. The molecule has 3 rings (SSSR count). The molecular weight excluding hydrogens is 221 g/mol. The van der Waals surface area contributed by atoms with Crippen molar-refractivity contribution in [1.82, 2.24) is 25.5 Å². The first-order chi connectivity index (χ1) is 8.33. The lowest BCUT2D eigenvalue weighted by molar-refractivity contribution is 0.625. The van der Waals surface area contributed by atoms with Crippen LogP contribution in [0.4, 0.5) is 4.39 Å². The van der Waals surface area contributed by atoms with Crippen LogP contribution in [-0.2, 0) is 0 Å². The molecule has 1 saturated heterocycles. The Balaban J connectivity index is 1.86. The van der Waals surface area contributed by atoms with E-state index in [-0.39, 0.29) is 5.82 Å². The molecule has 1 aromatic carbocycles. The second-order valence-electron chi connectivity index (χ2n) is 4.10. The lowest BCUT2D eigenvalue weighted by Crippen LogP contribution is -2.09. The lowest BCUT2D eigenvalue weighted by atomic mass is 10.1. The van der Waals surface area contributed by atoms with E-state index in [4.69, 9.17) is 0 Å². The van der Waals surface area contributed by atoms with Crippen molar-refractivity contribution in [3.8, 4) is 5.69 Å². The van der Waals surface area contributed by atoms with Crippen LogP contribution in [0.1, 0.15) is 18.2 Å². The van der Waals surface area contributed by atoms with Crippen molar-refractivity contribution in [1.29, 1.82) is 0 Å². The molecule has 0 bridgehead atoms. The summed E-state index contributed by atoms with van der Waals surface area (Å²) in [6.07, 6.45) is 1.04. The molecule has 0 spiro atoms. The second kappa shape index (κ2) is 4.21. The second-order valence-corrected chi connectivity index (χ2v) is 4.10. The Bertz CT molecular complexity index is 501. The molecule has 1 atom stereocenters. The summed E-state index contributed by atoms with van der Waals surface area (Å²) < 4.78 is 12.8. The number of benzene rings is 1. The summed E-state index contributed by atoms with van der Waals surface area (Å²) in [4.78, 5) is 1.44. The third kappa shape index (κ3) is 2.03. The minimum Gasteiger partial charge on any atom is -0.316 e. The highest BCUT2D eigenvalue weighted by molar-refractivity contribution is 5.28. The summed E-state index contributed by atoms with van der Waals surface area (Å²) in [5, 5.41) is 15.6. The van der Waals surface area contributed by atoms with Gasteiger partial charge in [-0.05, 0) is 42.4 Å². The van der Waals surface area contributed by atoms with Gasteiger partial charge in [0, 0.05) is 12.5 Å². The maximum Gasteiger partial charge on any atom is 0.179 e. The Morgan fingerprint density at radius 1 is 1.29 bits per heavy atom. The molecule has 1 unspecified atom stereocenters. The molecule has 0 radical (unpaired) electrons. The average Bonchev–Trinajstić information content (AvgIpc) is 3.00. The Hall–Kier alpha value is -1.82. The Kier molecular flexibility index (Phi) is 2.56. The molecule has 6 heteroatoms. The van der Waals surface area contributed by atoms with Crippen LogP contribution in [0, 0.1) is 5.82 Å². The number of nitrogens with zero attached hydrogens (tertiary/aromatic N) is 4. The SMILES string of the molecule is Fc1ccc(-n2nnc(C3CCNC3)n2)cc1. The third-order valence-electron chi connectivity index (χ3n) is 2.91. The van der Waals surface area contributed by atoms with Gasteiger partial charge in [0.2, 0.25) is 0 Å². The number of halogens is 1. The van der Waals surface area contributed by atoms with E-state index in [2.05, 4.69) is 20.7 Å². The summed E-state index contributed by atoms with van der Waals surface area (Å²) in [5.41, 5.74) is 0.719. The Morgan fingerprint density at radius 2 is 2.12 bits per heavy atom. The van der Waals surface area contributed by atoms with Gasteiger partial charge in [-0.25, -0.2) is 4.39 Å². The van der Waals surface area contributed by atoms with Crippen molar-refractivity contribution in [3.05, 3.63) is 35.9 Å². The molecule has 5 nitrogen and oxygen atoms in total. The summed E-state index contributed by atoms with van der Waals surface area (Å²) >= 11 is 0. The van der Waals surface area contributed by atoms with E-state index in [9.17, 15) is 4.39 Å². The molecule has 1 aliphatic heterocycles. The Labute approximate surface area is 97.6 Å². The zero-order valence-electron chi connectivity index (χ0n) is 9.17. The van der Waals surface area contributed by atoms with E-state index in [1.807, 2.05) is 0 Å². The molecule has 2 heterocycles. The van der Waals surface area contributed by atoms with Gasteiger partial charge in [-0.2, -0.15) is 0 Å². The monoisotopic (exact) mass is 233 g/mol. The average molecular weight is 233 g/mol. The minimum absolute atomic E-state index is 0.269. The maximum absolute atomic E-state index is 12.8. The predicted molar refractivity (Wildman–Crippen MR) is 59.3 cm³/mol. The van der Waals surface area contributed by atoms with Gasteiger partial charge < -0.3 is 5.32 Å². The van der Waals surface area contributed by atoms with Crippen molar-refractivity contribution in [3.63, 3.8) is 0 Å². The van der Waals surface area contributed by atoms with E-state index in [1.165, 1.54) is 16.9 Å². The minimum atomic E-state index is -0.269. The summed E-state index contributed by atoms with van der Waals surface area (Å²) in [6.45, 7) is 1.89.